The molecule has 0 saturated heterocycles. The van der Waals surface area contributed by atoms with Crippen LogP contribution >= 0.6 is 11.8 Å². The van der Waals surface area contributed by atoms with Crippen molar-refractivity contribution in [3.8, 4) is 6.07 Å². The molecule has 0 radical (unpaired) electrons. The molecule has 1 amide bonds. The minimum absolute atomic E-state index is 0.0367. The van der Waals surface area contributed by atoms with Gasteiger partial charge in [0.25, 0.3) is 0 Å². The largest absolute Gasteiger partial charge is 0.351 e. The summed E-state index contributed by atoms with van der Waals surface area (Å²) in [6.45, 7) is 7.12. The second-order valence-corrected chi connectivity index (χ2v) is 6.01. The van der Waals surface area contributed by atoms with E-state index in [2.05, 4.69) is 24.1 Å². The van der Waals surface area contributed by atoms with Gasteiger partial charge in [-0.05, 0) is 30.8 Å². The second kappa shape index (κ2) is 10.2. The molecule has 0 aliphatic rings. The van der Waals surface area contributed by atoms with Crippen LogP contribution in [0.15, 0.2) is 12.1 Å². The fourth-order valence-electron chi connectivity index (χ4n) is 1.98. The molecule has 0 fully saturated rings. The maximum absolute atomic E-state index is 13.4. The molecule has 126 valence electrons. The van der Waals surface area contributed by atoms with Crippen molar-refractivity contribution in [2.24, 2.45) is 0 Å². The molecule has 1 N–H and O–H groups in total. The number of rotatable bonds is 9. The van der Waals surface area contributed by atoms with E-state index in [1.165, 1.54) is 17.8 Å². The van der Waals surface area contributed by atoms with E-state index in [1.807, 2.05) is 0 Å². The van der Waals surface area contributed by atoms with Crippen LogP contribution in [0.2, 0.25) is 0 Å². The minimum Gasteiger partial charge on any atom is -0.351 e. The molecule has 0 aliphatic carbocycles. The monoisotopic (exact) mass is 341 g/mol. The van der Waals surface area contributed by atoms with Crippen LogP contribution in [0.4, 0.5) is 8.78 Å². The molecule has 0 saturated carbocycles. The average Bonchev–Trinajstić information content (AvgIpc) is 2.53. The van der Waals surface area contributed by atoms with Crippen molar-refractivity contribution < 1.29 is 13.6 Å². The van der Waals surface area contributed by atoms with Crippen molar-refractivity contribution in [3.05, 3.63) is 34.9 Å². The van der Waals surface area contributed by atoms with Gasteiger partial charge >= 0.3 is 0 Å². The highest BCUT2D eigenvalue weighted by atomic mass is 32.2. The van der Waals surface area contributed by atoms with E-state index in [-0.39, 0.29) is 12.5 Å². The van der Waals surface area contributed by atoms with Crippen LogP contribution in [0.3, 0.4) is 0 Å². The normalized spacial score (nSPS) is 10.6. The Morgan fingerprint density at radius 3 is 2.43 bits per heavy atom. The number of thioether (sulfide) groups is 1. The van der Waals surface area contributed by atoms with E-state index in [4.69, 9.17) is 5.26 Å². The number of halogens is 2. The summed E-state index contributed by atoms with van der Waals surface area (Å²) in [5.74, 6) is -0.840. The van der Waals surface area contributed by atoms with Crippen LogP contribution in [0, 0.1) is 23.0 Å². The highest BCUT2D eigenvalue weighted by Gasteiger charge is 2.11. The van der Waals surface area contributed by atoms with Crippen molar-refractivity contribution in [1.29, 1.82) is 5.26 Å². The number of hydrogen-bond acceptors (Lipinski definition) is 4. The van der Waals surface area contributed by atoms with Crippen molar-refractivity contribution in [1.82, 2.24) is 10.2 Å². The molecule has 0 aliphatic heterocycles. The molecule has 0 atom stereocenters. The van der Waals surface area contributed by atoms with Gasteiger partial charge < -0.3 is 10.2 Å². The van der Waals surface area contributed by atoms with Crippen LogP contribution in [-0.4, -0.2) is 41.9 Å². The number of nitrogens with zero attached hydrogens (tertiary/aromatic N) is 2. The van der Waals surface area contributed by atoms with E-state index >= 15 is 0 Å². The Kier molecular flexibility index (Phi) is 8.59. The third-order valence-corrected chi connectivity index (χ3v) is 4.32. The van der Waals surface area contributed by atoms with Gasteiger partial charge in [-0.25, -0.2) is 8.78 Å². The average molecular weight is 341 g/mol. The molecule has 23 heavy (non-hydrogen) atoms. The van der Waals surface area contributed by atoms with Crippen molar-refractivity contribution in [3.63, 3.8) is 0 Å². The SMILES string of the molecule is CCN(CC)CCSCC(=O)NCc1cc(F)c(C#N)c(F)c1. The van der Waals surface area contributed by atoms with E-state index in [0.717, 1.165) is 37.5 Å². The number of amides is 1. The molecular formula is C16H21F2N3OS. The van der Waals surface area contributed by atoms with Crippen LogP contribution in [0.5, 0.6) is 0 Å². The Bertz CT molecular complexity index is 548. The lowest BCUT2D eigenvalue weighted by Crippen LogP contribution is -2.27. The molecule has 1 aromatic carbocycles. The molecule has 4 nitrogen and oxygen atoms in total. The van der Waals surface area contributed by atoms with Gasteiger partial charge in [-0.2, -0.15) is 17.0 Å². The maximum atomic E-state index is 13.4. The summed E-state index contributed by atoms with van der Waals surface area (Å²) >= 11 is 1.52. The van der Waals surface area contributed by atoms with Crippen LogP contribution < -0.4 is 5.32 Å². The first-order valence-corrected chi connectivity index (χ1v) is 8.62. The lowest BCUT2D eigenvalue weighted by Gasteiger charge is -2.17. The summed E-state index contributed by atoms with van der Waals surface area (Å²) in [7, 11) is 0. The van der Waals surface area contributed by atoms with E-state index in [1.54, 1.807) is 0 Å². The van der Waals surface area contributed by atoms with Gasteiger partial charge in [0.2, 0.25) is 5.91 Å². The first-order valence-electron chi connectivity index (χ1n) is 7.46. The molecule has 0 heterocycles. The first kappa shape index (κ1) is 19.4. The Morgan fingerprint density at radius 2 is 1.91 bits per heavy atom. The highest BCUT2D eigenvalue weighted by molar-refractivity contribution is 7.99. The zero-order valence-corrected chi connectivity index (χ0v) is 14.2. The molecule has 7 heteroatoms. The summed E-state index contributed by atoms with van der Waals surface area (Å²) in [5.41, 5.74) is -0.312. The molecule has 0 unspecified atom stereocenters. The third-order valence-electron chi connectivity index (χ3n) is 3.38. The quantitative estimate of drug-likeness (QED) is 0.701. The third kappa shape index (κ3) is 6.55. The Morgan fingerprint density at radius 1 is 1.30 bits per heavy atom. The Labute approximate surface area is 139 Å². The van der Waals surface area contributed by atoms with Gasteiger partial charge in [-0.1, -0.05) is 13.8 Å². The van der Waals surface area contributed by atoms with Crippen molar-refractivity contribution >= 4 is 17.7 Å². The molecular weight excluding hydrogens is 320 g/mol. The minimum atomic E-state index is -0.912. The molecule has 1 rings (SSSR count). The predicted octanol–water partition coefficient (Wildman–Crippen LogP) is 2.53. The van der Waals surface area contributed by atoms with E-state index < -0.39 is 17.2 Å². The maximum Gasteiger partial charge on any atom is 0.230 e. The number of benzene rings is 1. The summed E-state index contributed by atoms with van der Waals surface area (Å²) < 4.78 is 26.9. The van der Waals surface area contributed by atoms with Crippen LogP contribution in [0.1, 0.15) is 25.0 Å². The first-order chi connectivity index (χ1) is 11.0. The zero-order chi connectivity index (χ0) is 17.2. The summed E-state index contributed by atoms with van der Waals surface area (Å²) in [6.07, 6.45) is 0. The highest BCUT2D eigenvalue weighted by Crippen LogP contribution is 2.14. The smallest absolute Gasteiger partial charge is 0.230 e. The molecule has 1 aromatic rings. The van der Waals surface area contributed by atoms with Gasteiger partial charge in [0.15, 0.2) is 0 Å². The number of carbonyl (C=O) groups is 1. The number of hydrogen-bond donors (Lipinski definition) is 1. The number of carbonyl (C=O) groups excluding carboxylic acids is 1. The number of nitriles is 1. The van der Waals surface area contributed by atoms with Crippen molar-refractivity contribution in [2.45, 2.75) is 20.4 Å². The Balaban J connectivity index is 2.35. The fraction of sp³-hybridized carbons (Fsp3) is 0.500. The van der Waals surface area contributed by atoms with Crippen LogP contribution in [-0.2, 0) is 11.3 Å². The van der Waals surface area contributed by atoms with E-state index in [0.29, 0.717) is 11.3 Å². The van der Waals surface area contributed by atoms with Crippen LogP contribution in [0.25, 0.3) is 0 Å². The number of nitrogens with one attached hydrogen (secondary N) is 1. The van der Waals surface area contributed by atoms with E-state index in [9.17, 15) is 13.6 Å². The van der Waals surface area contributed by atoms with Crippen molar-refractivity contribution in [2.75, 3.05) is 31.1 Å². The van der Waals surface area contributed by atoms with Gasteiger partial charge in [-0.3, -0.25) is 4.79 Å². The fourth-order valence-corrected chi connectivity index (χ4v) is 2.80. The summed E-state index contributed by atoms with van der Waals surface area (Å²) in [4.78, 5) is 14.0. The molecule has 0 spiro atoms. The van der Waals surface area contributed by atoms with Gasteiger partial charge in [0.05, 0.1) is 5.75 Å². The standard InChI is InChI=1S/C16H21F2N3OS/c1-3-21(4-2)5-6-23-11-16(22)20-10-12-7-14(17)13(9-19)15(18)8-12/h7-8H,3-6,10-11H2,1-2H3,(H,20,22). The Hall–Kier alpha value is -1.65. The van der Waals surface area contributed by atoms with Gasteiger partial charge in [0.1, 0.15) is 23.3 Å². The molecule has 0 bridgehead atoms. The lowest BCUT2D eigenvalue weighted by molar-refractivity contribution is -0.118. The summed E-state index contributed by atoms with van der Waals surface area (Å²) in [5, 5.41) is 11.2. The van der Waals surface area contributed by atoms with Gasteiger partial charge in [-0.15, -0.1) is 0 Å². The zero-order valence-electron chi connectivity index (χ0n) is 13.4. The predicted molar refractivity (Wildman–Crippen MR) is 88.0 cm³/mol. The second-order valence-electron chi connectivity index (χ2n) is 4.90. The van der Waals surface area contributed by atoms with Gasteiger partial charge in [0, 0.05) is 18.8 Å². The lowest BCUT2D eigenvalue weighted by atomic mass is 10.1. The summed E-state index contributed by atoms with van der Waals surface area (Å²) in [6, 6.07) is 3.59. The topological polar surface area (TPSA) is 56.1 Å². The molecule has 0 aromatic heterocycles.